The molecule has 1 aromatic rings. The number of amides is 1. The molecule has 0 aliphatic heterocycles. The summed E-state index contributed by atoms with van der Waals surface area (Å²) in [6.45, 7) is 0.925. The molecule has 126 valence electrons. The largest absolute Gasteiger partial charge is 0.493 e. The average molecular weight is 319 g/mol. The van der Waals surface area contributed by atoms with Crippen LogP contribution in [0.2, 0.25) is 0 Å². The Labute approximate surface area is 137 Å². The summed E-state index contributed by atoms with van der Waals surface area (Å²) >= 11 is 0. The van der Waals surface area contributed by atoms with Crippen molar-refractivity contribution in [1.82, 2.24) is 4.90 Å². The lowest BCUT2D eigenvalue weighted by Gasteiger charge is -2.23. The molecule has 0 bridgehead atoms. The maximum atomic E-state index is 12.7. The topological polar surface area (TPSA) is 48.0 Å². The maximum Gasteiger partial charge on any atom is 0.227 e. The Morgan fingerprint density at radius 3 is 2.09 bits per heavy atom. The molecule has 0 atom stereocenters. The van der Waals surface area contributed by atoms with Gasteiger partial charge >= 0.3 is 0 Å². The molecule has 0 heterocycles. The van der Waals surface area contributed by atoms with Crippen molar-refractivity contribution < 1.29 is 19.0 Å². The quantitative estimate of drug-likeness (QED) is 0.739. The van der Waals surface area contributed by atoms with E-state index in [1.165, 1.54) is 12.8 Å². The number of carbonyl (C=O) groups is 1. The van der Waals surface area contributed by atoms with Gasteiger partial charge in [0.05, 0.1) is 27.8 Å². The minimum atomic E-state index is 0.202. The smallest absolute Gasteiger partial charge is 0.227 e. The number of methoxy groups -OCH3 is 3. The van der Waals surface area contributed by atoms with E-state index in [1.54, 1.807) is 21.3 Å². The highest BCUT2D eigenvalue weighted by Crippen LogP contribution is 2.39. The highest BCUT2D eigenvalue weighted by Gasteiger charge is 2.36. The highest BCUT2D eigenvalue weighted by atomic mass is 16.5. The molecule has 0 saturated heterocycles. The van der Waals surface area contributed by atoms with E-state index in [0.29, 0.717) is 29.7 Å². The van der Waals surface area contributed by atoms with Crippen LogP contribution in [0.1, 0.15) is 31.2 Å². The molecule has 1 aromatic carbocycles. The number of ether oxygens (including phenoxy) is 3. The third-order valence-corrected chi connectivity index (χ3v) is 4.54. The summed E-state index contributed by atoms with van der Waals surface area (Å²) in [5, 5.41) is 0. The van der Waals surface area contributed by atoms with Gasteiger partial charge in [-0.3, -0.25) is 4.79 Å². The fraction of sp³-hybridized carbons (Fsp3) is 0.611. The van der Waals surface area contributed by atoms with Crippen molar-refractivity contribution in [3.05, 3.63) is 17.7 Å². The summed E-state index contributed by atoms with van der Waals surface area (Å²) in [7, 11) is 4.76. The first-order valence-electron chi connectivity index (χ1n) is 8.24. The van der Waals surface area contributed by atoms with Crippen LogP contribution in [0.3, 0.4) is 0 Å². The fourth-order valence-electron chi connectivity index (χ4n) is 2.93. The van der Waals surface area contributed by atoms with Crippen molar-refractivity contribution >= 4 is 5.91 Å². The second-order valence-corrected chi connectivity index (χ2v) is 6.43. The molecule has 0 radical (unpaired) electrons. The normalized spacial score (nSPS) is 16.8. The zero-order chi connectivity index (χ0) is 16.4. The first kappa shape index (κ1) is 16.0. The molecule has 5 heteroatoms. The molecule has 0 N–H and O–H groups in total. The lowest BCUT2D eigenvalue weighted by atomic mass is 10.1. The van der Waals surface area contributed by atoms with Crippen molar-refractivity contribution in [3.63, 3.8) is 0 Å². The molecule has 5 nitrogen and oxygen atoms in total. The van der Waals surface area contributed by atoms with E-state index in [1.807, 2.05) is 12.1 Å². The number of nitrogens with zero attached hydrogens (tertiary/aromatic N) is 1. The average Bonchev–Trinajstić information content (AvgIpc) is 3.44. The van der Waals surface area contributed by atoms with Crippen molar-refractivity contribution in [1.29, 1.82) is 0 Å². The number of hydrogen-bond acceptors (Lipinski definition) is 4. The number of rotatable bonds is 8. The van der Waals surface area contributed by atoms with Crippen LogP contribution in [-0.4, -0.2) is 44.7 Å². The number of benzene rings is 1. The van der Waals surface area contributed by atoms with E-state index in [9.17, 15) is 4.79 Å². The van der Waals surface area contributed by atoms with E-state index < -0.39 is 0 Å². The van der Waals surface area contributed by atoms with Crippen LogP contribution in [0.5, 0.6) is 17.2 Å². The van der Waals surface area contributed by atoms with Crippen molar-refractivity contribution in [2.24, 2.45) is 5.92 Å². The van der Waals surface area contributed by atoms with Crippen molar-refractivity contribution in [2.45, 2.75) is 38.1 Å². The zero-order valence-corrected chi connectivity index (χ0v) is 14.1. The van der Waals surface area contributed by atoms with Crippen LogP contribution in [0.25, 0.3) is 0 Å². The van der Waals surface area contributed by atoms with Gasteiger partial charge in [-0.25, -0.2) is 0 Å². The van der Waals surface area contributed by atoms with E-state index in [-0.39, 0.29) is 5.91 Å². The molecule has 3 rings (SSSR count). The summed E-state index contributed by atoms with van der Waals surface area (Å²) < 4.78 is 16.1. The summed E-state index contributed by atoms with van der Waals surface area (Å²) in [5.41, 5.74) is 0.894. The Balaban J connectivity index is 1.76. The molecule has 2 saturated carbocycles. The summed E-state index contributed by atoms with van der Waals surface area (Å²) in [6.07, 6.45) is 5.20. The highest BCUT2D eigenvalue weighted by molar-refractivity contribution is 5.80. The maximum absolute atomic E-state index is 12.7. The molecule has 0 unspecified atom stereocenters. The van der Waals surface area contributed by atoms with Gasteiger partial charge in [0.15, 0.2) is 11.5 Å². The summed E-state index contributed by atoms with van der Waals surface area (Å²) in [5.74, 6) is 2.67. The predicted molar refractivity (Wildman–Crippen MR) is 87.3 cm³/mol. The standard InChI is InChI=1S/C18H25NO4/c1-21-15-8-13(9-16(22-2)18(15)23-3)10-17(20)19(14-6-7-14)11-12-4-5-12/h8-9,12,14H,4-7,10-11H2,1-3H3. The van der Waals surface area contributed by atoms with Gasteiger partial charge in [-0.1, -0.05) is 0 Å². The molecule has 2 aliphatic carbocycles. The lowest BCUT2D eigenvalue weighted by Crippen LogP contribution is -2.36. The fourth-order valence-corrected chi connectivity index (χ4v) is 2.93. The lowest BCUT2D eigenvalue weighted by molar-refractivity contribution is -0.131. The summed E-state index contributed by atoms with van der Waals surface area (Å²) in [6, 6.07) is 4.19. The Hall–Kier alpha value is -1.91. The van der Waals surface area contributed by atoms with Crippen LogP contribution in [-0.2, 0) is 11.2 Å². The monoisotopic (exact) mass is 319 g/mol. The van der Waals surface area contributed by atoms with E-state index in [4.69, 9.17) is 14.2 Å². The second-order valence-electron chi connectivity index (χ2n) is 6.43. The summed E-state index contributed by atoms with van der Waals surface area (Å²) in [4.78, 5) is 14.8. The minimum absolute atomic E-state index is 0.202. The van der Waals surface area contributed by atoms with Gasteiger partial charge < -0.3 is 19.1 Å². The van der Waals surface area contributed by atoms with Gasteiger partial charge in [-0.05, 0) is 49.3 Å². The van der Waals surface area contributed by atoms with E-state index in [0.717, 1.165) is 30.9 Å². The molecule has 1 amide bonds. The van der Waals surface area contributed by atoms with Crippen LogP contribution >= 0.6 is 0 Å². The van der Waals surface area contributed by atoms with E-state index in [2.05, 4.69) is 4.90 Å². The SMILES string of the molecule is COc1cc(CC(=O)N(CC2CC2)C2CC2)cc(OC)c1OC. The predicted octanol–water partition coefficient (Wildman–Crippen LogP) is 2.66. The zero-order valence-electron chi connectivity index (χ0n) is 14.1. The Kier molecular flexibility index (Phi) is 4.64. The van der Waals surface area contributed by atoms with Gasteiger partial charge in [0.2, 0.25) is 11.7 Å². The molecule has 0 aromatic heterocycles. The first-order valence-corrected chi connectivity index (χ1v) is 8.24. The Bertz CT molecular complexity index is 553. The number of hydrogen-bond donors (Lipinski definition) is 0. The van der Waals surface area contributed by atoms with Crippen molar-refractivity contribution in [2.75, 3.05) is 27.9 Å². The van der Waals surface area contributed by atoms with Gasteiger partial charge in [0.25, 0.3) is 0 Å². The molecule has 2 aliphatic rings. The van der Waals surface area contributed by atoms with Crippen LogP contribution in [0.4, 0.5) is 0 Å². The molecule has 0 spiro atoms. The van der Waals surface area contributed by atoms with Gasteiger partial charge in [0.1, 0.15) is 0 Å². The van der Waals surface area contributed by atoms with Crippen LogP contribution in [0, 0.1) is 5.92 Å². The van der Waals surface area contributed by atoms with Crippen LogP contribution in [0.15, 0.2) is 12.1 Å². The third kappa shape index (κ3) is 3.71. The molecular formula is C18H25NO4. The van der Waals surface area contributed by atoms with Gasteiger partial charge in [-0.2, -0.15) is 0 Å². The van der Waals surface area contributed by atoms with Gasteiger partial charge in [-0.15, -0.1) is 0 Å². The van der Waals surface area contributed by atoms with Gasteiger partial charge in [0, 0.05) is 12.6 Å². The second kappa shape index (κ2) is 6.69. The first-order chi connectivity index (χ1) is 11.2. The van der Waals surface area contributed by atoms with Crippen molar-refractivity contribution in [3.8, 4) is 17.2 Å². The minimum Gasteiger partial charge on any atom is -0.493 e. The molecule has 2 fully saturated rings. The van der Waals surface area contributed by atoms with E-state index >= 15 is 0 Å². The number of carbonyl (C=O) groups excluding carboxylic acids is 1. The Morgan fingerprint density at radius 1 is 1.04 bits per heavy atom. The molecular weight excluding hydrogens is 294 g/mol. The molecule has 23 heavy (non-hydrogen) atoms. The third-order valence-electron chi connectivity index (χ3n) is 4.54. The Morgan fingerprint density at radius 2 is 1.65 bits per heavy atom. The van der Waals surface area contributed by atoms with Crippen LogP contribution < -0.4 is 14.2 Å².